The summed E-state index contributed by atoms with van der Waals surface area (Å²) >= 11 is 0. The van der Waals surface area contributed by atoms with E-state index in [-0.39, 0.29) is 17.4 Å². The average Bonchev–Trinajstić information content (AvgIpc) is 2.38. The molecular weight excluding hydrogens is 268 g/mol. The highest BCUT2D eigenvalue weighted by Gasteiger charge is 2.48. The van der Waals surface area contributed by atoms with E-state index in [4.69, 9.17) is 0 Å². The molecule has 0 heterocycles. The third kappa shape index (κ3) is 2.75. The van der Waals surface area contributed by atoms with Gasteiger partial charge in [0, 0.05) is 11.5 Å². The first-order valence-electron chi connectivity index (χ1n) is 6.35. The van der Waals surface area contributed by atoms with Crippen LogP contribution in [0, 0.1) is 5.41 Å². The van der Waals surface area contributed by atoms with Gasteiger partial charge in [-0.3, -0.25) is 4.79 Å². The summed E-state index contributed by atoms with van der Waals surface area (Å²) in [5.41, 5.74) is -0.362. The summed E-state index contributed by atoms with van der Waals surface area (Å²) in [7, 11) is 0. The van der Waals surface area contributed by atoms with E-state index in [9.17, 15) is 18.7 Å². The number of ether oxygens (including phenoxy) is 1. The first kappa shape index (κ1) is 14.7. The number of rotatable bonds is 4. The summed E-state index contributed by atoms with van der Waals surface area (Å²) in [6, 6.07) is 5.65. The number of benzene rings is 1. The molecule has 1 aromatic carbocycles. The molecule has 2 unspecified atom stereocenters. The molecule has 1 aliphatic rings. The predicted octanol–water partition coefficient (Wildman–Crippen LogP) is 2.18. The van der Waals surface area contributed by atoms with Crippen LogP contribution in [0.3, 0.4) is 0 Å². The summed E-state index contributed by atoms with van der Waals surface area (Å²) in [4.78, 5) is 12.1. The molecular formula is C14H17F2NO3. The fraction of sp³-hybridized carbons (Fsp3) is 0.500. The highest BCUT2D eigenvalue weighted by Crippen LogP contribution is 2.40. The van der Waals surface area contributed by atoms with Gasteiger partial charge in [0.1, 0.15) is 5.75 Å². The standard InChI is InChI=1S/C14H17F2NO3/c1-14(2)10(7-11(14)18)17-12(19)8-5-3-4-6-9(8)20-13(15)16/h3-6,10-11,13,18H,7H2,1-2H3,(H,17,19). The number of aliphatic hydroxyl groups excluding tert-OH is 1. The molecule has 1 saturated carbocycles. The number of aliphatic hydroxyl groups is 1. The van der Waals surface area contributed by atoms with Crippen LogP contribution in [0.4, 0.5) is 8.78 Å². The third-order valence-corrected chi connectivity index (χ3v) is 3.87. The Morgan fingerprint density at radius 3 is 2.65 bits per heavy atom. The number of alkyl halides is 2. The predicted molar refractivity (Wildman–Crippen MR) is 68.7 cm³/mol. The van der Waals surface area contributed by atoms with E-state index in [1.165, 1.54) is 18.2 Å². The molecule has 1 aromatic rings. The van der Waals surface area contributed by atoms with Crippen LogP contribution in [0.5, 0.6) is 5.75 Å². The SMILES string of the molecule is CC1(C)C(O)CC1NC(=O)c1ccccc1OC(F)F. The van der Waals surface area contributed by atoms with Crippen LogP contribution in [0.1, 0.15) is 30.6 Å². The summed E-state index contributed by atoms with van der Waals surface area (Å²) < 4.78 is 28.9. The van der Waals surface area contributed by atoms with E-state index in [1.807, 2.05) is 13.8 Å². The molecule has 0 aromatic heterocycles. The molecule has 1 fully saturated rings. The lowest BCUT2D eigenvalue weighted by Gasteiger charge is -2.49. The Balaban J connectivity index is 2.10. The zero-order valence-corrected chi connectivity index (χ0v) is 11.3. The number of nitrogens with one attached hydrogen (secondary N) is 1. The van der Waals surface area contributed by atoms with Gasteiger partial charge >= 0.3 is 6.61 Å². The van der Waals surface area contributed by atoms with Gasteiger partial charge in [-0.05, 0) is 18.6 Å². The number of carbonyl (C=O) groups excluding carboxylic acids is 1. The van der Waals surface area contributed by atoms with Crippen molar-refractivity contribution in [2.75, 3.05) is 0 Å². The van der Waals surface area contributed by atoms with Gasteiger partial charge in [-0.1, -0.05) is 26.0 Å². The smallest absolute Gasteiger partial charge is 0.387 e. The Morgan fingerprint density at radius 1 is 1.45 bits per heavy atom. The van der Waals surface area contributed by atoms with Crippen LogP contribution in [-0.2, 0) is 0 Å². The fourth-order valence-electron chi connectivity index (χ4n) is 2.24. The van der Waals surface area contributed by atoms with Crippen molar-refractivity contribution >= 4 is 5.91 Å². The Labute approximate surface area is 115 Å². The van der Waals surface area contributed by atoms with Gasteiger partial charge in [-0.2, -0.15) is 8.78 Å². The largest absolute Gasteiger partial charge is 0.434 e. The van der Waals surface area contributed by atoms with Gasteiger partial charge in [-0.25, -0.2) is 0 Å². The second kappa shape index (κ2) is 5.36. The molecule has 4 nitrogen and oxygen atoms in total. The Morgan fingerprint density at radius 2 is 2.10 bits per heavy atom. The second-order valence-corrected chi connectivity index (χ2v) is 5.47. The van der Waals surface area contributed by atoms with Crippen LogP contribution in [0.25, 0.3) is 0 Å². The Kier molecular flexibility index (Phi) is 3.94. The zero-order valence-electron chi connectivity index (χ0n) is 11.3. The lowest BCUT2D eigenvalue weighted by molar-refractivity contribution is -0.0691. The monoisotopic (exact) mass is 285 g/mol. The maximum atomic E-state index is 12.3. The van der Waals surface area contributed by atoms with Gasteiger partial charge in [0.05, 0.1) is 11.7 Å². The van der Waals surface area contributed by atoms with Crippen molar-refractivity contribution in [1.82, 2.24) is 5.32 Å². The van der Waals surface area contributed by atoms with Crippen LogP contribution < -0.4 is 10.1 Å². The maximum Gasteiger partial charge on any atom is 0.387 e. The number of hydrogen-bond acceptors (Lipinski definition) is 3. The second-order valence-electron chi connectivity index (χ2n) is 5.47. The van der Waals surface area contributed by atoms with E-state index in [0.29, 0.717) is 6.42 Å². The van der Waals surface area contributed by atoms with Crippen molar-refractivity contribution in [3.8, 4) is 5.75 Å². The Bertz CT molecular complexity index is 505. The minimum Gasteiger partial charge on any atom is -0.434 e. The normalized spacial score (nSPS) is 24.1. The fourth-order valence-corrected chi connectivity index (χ4v) is 2.24. The van der Waals surface area contributed by atoms with Crippen molar-refractivity contribution in [3.63, 3.8) is 0 Å². The van der Waals surface area contributed by atoms with Gasteiger partial charge in [0.15, 0.2) is 0 Å². The van der Waals surface area contributed by atoms with E-state index >= 15 is 0 Å². The minimum atomic E-state index is -2.98. The highest BCUT2D eigenvalue weighted by molar-refractivity contribution is 5.97. The summed E-state index contributed by atoms with van der Waals surface area (Å²) in [5.74, 6) is -0.635. The zero-order chi connectivity index (χ0) is 14.9. The van der Waals surface area contributed by atoms with E-state index < -0.39 is 24.0 Å². The van der Waals surface area contributed by atoms with E-state index in [2.05, 4.69) is 10.1 Å². The van der Waals surface area contributed by atoms with Crippen LogP contribution in [-0.4, -0.2) is 29.8 Å². The highest BCUT2D eigenvalue weighted by atomic mass is 19.3. The molecule has 20 heavy (non-hydrogen) atoms. The number of para-hydroxylation sites is 1. The average molecular weight is 285 g/mol. The Hall–Kier alpha value is -1.69. The molecule has 0 aliphatic heterocycles. The van der Waals surface area contributed by atoms with Crippen molar-refractivity contribution in [2.45, 2.75) is 39.0 Å². The number of hydrogen-bond donors (Lipinski definition) is 2. The lowest BCUT2D eigenvalue weighted by atomic mass is 9.64. The quantitative estimate of drug-likeness (QED) is 0.891. The van der Waals surface area contributed by atoms with Crippen molar-refractivity contribution in [1.29, 1.82) is 0 Å². The molecule has 0 radical (unpaired) electrons. The molecule has 1 amide bonds. The van der Waals surface area contributed by atoms with Gasteiger partial charge in [0.25, 0.3) is 5.91 Å². The first-order chi connectivity index (χ1) is 9.32. The molecule has 6 heteroatoms. The van der Waals surface area contributed by atoms with Crippen molar-refractivity contribution in [3.05, 3.63) is 29.8 Å². The van der Waals surface area contributed by atoms with Crippen LogP contribution in [0.15, 0.2) is 24.3 Å². The molecule has 2 atom stereocenters. The number of halogens is 2. The molecule has 2 N–H and O–H groups in total. The van der Waals surface area contributed by atoms with Crippen LogP contribution in [0.2, 0.25) is 0 Å². The molecule has 2 rings (SSSR count). The van der Waals surface area contributed by atoms with Gasteiger partial charge < -0.3 is 15.2 Å². The number of amides is 1. The van der Waals surface area contributed by atoms with E-state index in [1.54, 1.807) is 6.07 Å². The molecule has 1 aliphatic carbocycles. The van der Waals surface area contributed by atoms with Crippen molar-refractivity contribution < 1.29 is 23.4 Å². The summed E-state index contributed by atoms with van der Waals surface area (Å²) in [6.45, 7) is 0.701. The number of carbonyl (C=O) groups is 1. The molecule has 110 valence electrons. The molecule has 0 spiro atoms. The first-order valence-corrected chi connectivity index (χ1v) is 6.35. The van der Waals surface area contributed by atoms with Crippen molar-refractivity contribution in [2.24, 2.45) is 5.41 Å². The summed E-state index contributed by atoms with van der Waals surface area (Å²) in [5, 5.41) is 12.4. The van der Waals surface area contributed by atoms with Gasteiger partial charge in [0.2, 0.25) is 0 Å². The van der Waals surface area contributed by atoms with Crippen LogP contribution >= 0.6 is 0 Å². The third-order valence-electron chi connectivity index (χ3n) is 3.87. The molecule has 0 bridgehead atoms. The van der Waals surface area contributed by atoms with E-state index in [0.717, 1.165) is 0 Å². The lowest BCUT2D eigenvalue weighted by Crippen LogP contribution is -2.61. The topological polar surface area (TPSA) is 58.6 Å². The maximum absolute atomic E-state index is 12.3. The summed E-state index contributed by atoms with van der Waals surface area (Å²) in [6.07, 6.45) is -0.0169. The molecule has 0 saturated heterocycles. The minimum absolute atomic E-state index is 0.0602. The van der Waals surface area contributed by atoms with Gasteiger partial charge in [-0.15, -0.1) is 0 Å².